The number of aromatic nitrogens is 4. The number of ether oxygens (including phenoxy) is 1. The Morgan fingerprint density at radius 1 is 1.37 bits per heavy atom. The fraction of sp³-hybridized carbons (Fsp3) is 0.400. The Labute approximate surface area is 173 Å². The molecule has 0 aliphatic carbocycles. The molecule has 30 heavy (non-hydrogen) atoms. The molecule has 3 heterocycles. The van der Waals surface area contributed by atoms with Crippen LogP contribution in [0.4, 0.5) is 5.82 Å². The summed E-state index contributed by atoms with van der Waals surface area (Å²) in [7, 11) is 0. The summed E-state index contributed by atoms with van der Waals surface area (Å²) in [6.45, 7) is 3.14. The van der Waals surface area contributed by atoms with Gasteiger partial charge in [0.1, 0.15) is 29.8 Å². The molecule has 4 rings (SSSR count). The number of amides is 1. The van der Waals surface area contributed by atoms with E-state index in [4.69, 9.17) is 16.2 Å². The topological polar surface area (TPSA) is 145 Å². The third-order valence-electron chi connectivity index (χ3n) is 5.38. The molecule has 1 fully saturated rings. The summed E-state index contributed by atoms with van der Waals surface area (Å²) < 4.78 is 7.33. The Hall–Kier alpha value is -3.24. The van der Waals surface area contributed by atoms with E-state index >= 15 is 0 Å². The molecule has 2 atom stereocenters. The summed E-state index contributed by atoms with van der Waals surface area (Å²) in [5.74, 6) is 0.729. The van der Waals surface area contributed by atoms with Crippen molar-refractivity contribution >= 4 is 22.9 Å². The smallest absolute Gasteiger partial charge is 0.254 e. The van der Waals surface area contributed by atoms with Crippen LogP contribution in [0.15, 0.2) is 36.9 Å². The van der Waals surface area contributed by atoms with Gasteiger partial charge >= 0.3 is 0 Å². The fourth-order valence-corrected chi connectivity index (χ4v) is 3.95. The van der Waals surface area contributed by atoms with Crippen LogP contribution in [0.25, 0.3) is 11.2 Å². The number of carbonyl (C=O) groups is 1. The van der Waals surface area contributed by atoms with E-state index in [1.807, 2.05) is 4.57 Å². The van der Waals surface area contributed by atoms with Crippen molar-refractivity contribution in [3.8, 4) is 5.75 Å². The predicted octanol–water partition coefficient (Wildman–Crippen LogP) is 0.584. The number of piperidine rings is 1. The Morgan fingerprint density at radius 3 is 2.97 bits per heavy atom. The van der Waals surface area contributed by atoms with Crippen molar-refractivity contribution in [1.82, 2.24) is 24.4 Å². The lowest BCUT2D eigenvalue weighted by Gasteiger charge is -2.43. The molecule has 2 aromatic heterocycles. The maximum absolute atomic E-state index is 13.0. The van der Waals surface area contributed by atoms with Gasteiger partial charge in [0, 0.05) is 18.7 Å². The molecule has 1 saturated heterocycles. The lowest BCUT2D eigenvalue weighted by molar-refractivity contribution is -0.0479. The number of hydrogen-bond acceptors (Lipinski definition) is 8. The van der Waals surface area contributed by atoms with Gasteiger partial charge in [-0.1, -0.05) is 6.07 Å². The Bertz CT molecular complexity index is 1070. The van der Waals surface area contributed by atoms with Gasteiger partial charge in [-0.3, -0.25) is 4.79 Å². The molecule has 1 aliphatic rings. The first-order valence-corrected chi connectivity index (χ1v) is 9.78. The molecular formula is C20H25N7O3. The van der Waals surface area contributed by atoms with Crippen LogP contribution < -0.4 is 16.2 Å². The standard InChI is InChI=1S/C20H25N7O3/c1-20(29)10-26(19(28)13-3-2-4-14(9-13)30-8-6-21)7-5-15(20)27-12-25-16-17(22)23-11-24-18(16)27/h2-4,9,11-12,15,29H,5-8,10,21H2,1H3,(H2,22,23,24)/t15-,20-/m1/s1. The number of nitrogens with two attached hydrogens (primary N) is 2. The molecule has 0 unspecified atom stereocenters. The first-order chi connectivity index (χ1) is 14.4. The summed E-state index contributed by atoms with van der Waals surface area (Å²) in [6, 6.07) is 6.68. The van der Waals surface area contributed by atoms with Crippen molar-refractivity contribution in [1.29, 1.82) is 0 Å². The Kier molecular flexibility index (Phi) is 5.27. The van der Waals surface area contributed by atoms with Gasteiger partial charge in [0.05, 0.1) is 18.9 Å². The average Bonchev–Trinajstić information content (AvgIpc) is 3.16. The van der Waals surface area contributed by atoms with Crippen LogP contribution in [0.5, 0.6) is 5.75 Å². The van der Waals surface area contributed by atoms with Gasteiger partial charge in [-0.25, -0.2) is 15.0 Å². The van der Waals surface area contributed by atoms with Gasteiger partial charge in [-0.15, -0.1) is 0 Å². The van der Waals surface area contributed by atoms with Gasteiger partial charge in [0.15, 0.2) is 11.5 Å². The lowest BCUT2D eigenvalue weighted by Crippen LogP contribution is -2.54. The van der Waals surface area contributed by atoms with E-state index in [2.05, 4.69) is 15.0 Å². The van der Waals surface area contributed by atoms with Crippen LogP contribution in [0.1, 0.15) is 29.7 Å². The second kappa shape index (κ2) is 7.88. The molecule has 10 heteroatoms. The number of nitrogens with zero attached hydrogens (tertiary/aromatic N) is 5. The van der Waals surface area contributed by atoms with E-state index in [9.17, 15) is 9.90 Å². The highest BCUT2D eigenvalue weighted by atomic mass is 16.5. The minimum Gasteiger partial charge on any atom is -0.492 e. The molecule has 1 amide bonds. The number of hydrogen-bond donors (Lipinski definition) is 3. The number of nitrogen functional groups attached to an aromatic ring is 1. The number of rotatable bonds is 5. The number of likely N-dealkylation sites (tertiary alicyclic amines) is 1. The highest BCUT2D eigenvalue weighted by Gasteiger charge is 2.41. The summed E-state index contributed by atoms with van der Waals surface area (Å²) in [5, 5.41) is 11.2. The van der Waals surface area contributed by atoms with Crippen molar-refractivity contribution in [2.75, 3.05) is 32.0 Å². The fourth-order valence-electron chi connectivity index (χ4n) is 3.95. The number of fused-ring (bicyclic) bond motifs is 1. The van der Waals surface area contributed by atoms with Crippen molar-refractivity contribution in [3.63, 3.8) is 0 Å². The van der Waals surface area contributed by atoms with Crippen LogP contribution in [0.2, 0.25) is 0 Å². The molecular weight excluding hydrogens is 386 g/mol. The van der Waals surface area contributed by atoms with Gasteiger partial charge in [0.2, 0.25) is 0 Å². The van der Waals surface area contributed by atoms with Crippen molar-refractivity contribution in [3.05, 3.63) is 42.5 Å². The molecule has 158 valence electrons. The molecule has 0 spiro atoms. The van der Waals surface area contributed by atoms with Crippen LogP contribution in [0.3, 0.4) is 0 Å². The molecule has 10 nitrogen and oxygen atoms in total. The third kappa shape index (κ3) is 3.66. The quantitative estimate of drug-likeness (QED) is 0.553. The van der Waals surface area contributed by atoms with E-state index in [1.165, 1.54) is 6.33 Å². The number of carbonyl (C=O) groups excluding carboxylic acids is 1. The third-order valence-corrected chi connectivity index (χ3v) is 5.38. The van der Waals surface area contributed by atoms with E-state index < -0.39 is 5.60 Å². The summed E-state index contributed by atoms with van der Waals surface area (Å²) in [6.07, 6.45) is 3.53. The average molecular weight is 411 g/mol. The van der Waals surface area contributed by atoms with Gasteiger partial charge < -0.3 is 30.8 Å². The monoisotopic (exact) mass is 411 g/mol. The van der Waals surface area contributed by atoms with Crippen LogP contribution in [0, 0.1) is 0 Å². The van der Waals surface area contributed by atoms with Crippen molar-refractivity contribution in [2.24, 2.45) is 5.73 Å². The zero-order valence-corrected chi connectivity index (χ0v) is 16.7. The van der Waals surface area contributed by atoms with Crippen molar-refractivity contribution in [2.45, 2.75) is 25.0 Å². The Morgan fingerprint density at radius 2 is 2.20 bits per heavy atom. The number of imidazole rings is 1. The molecule has 0 radical (unpaired) electrons. The second-order valence-corrected chi connectivity index (χ2v) is 7.64. The Balaban J connectivity index is 1.54. The largest absolute Gasteiger partial charge is 0.492 e. The molecule has 0 bridgehead atoms. The maximum atomic E-state index is 13.0. The predicted molar refractivity (Wildman–Crippen MR) is 111 cm³/mol. The first-order valence-electron chi connectivity index (χ1n) is 9.78. The first kappa shape index (κ1) is 20.0. The van der Waals surface area contributed by atoms with Crippen LogP contribution >= 0.6 is 0 Å². The number of aliphatic hydroxyl groups is 1. The normalized spacial score (nSPS) is 21.7. The van der Waals surface area contributed by atoms with Gasteiger partial charge in [-0.2, -0.15) is 0 Å². The minimum absolute atomic E-state index is 0.158. The van der Waals surface area contributed by atoms with E-state index in [1.54, 1.807) is 42.4 Å². The summed E-state index contributed by atoms with van der Waals surface area (Å²) in [5.41, 5.74) is 11.7. The zero-order valence-electron chi connectivity index (χ0n) is 16.7. The van der Waals surface area contributed by atoms with Gasteiger partial charge in [0.25, 0.3) is 5.91 Å². The molecule has 5 N–H and O–H groups in total. The lowest BCUT2D eigenvalue weighted by atomic mass is 9.88. The molecule has 0 saturated carbocycles. The summed E-state index contributed by atoms with van der Waals surface area (Å²) in [4.78, 5) is 27.2. The molecule has 1 aliphatic heterocycles. The van der Waals surface area contributed by atoms with Crippen molar-refractivity contribution < 1.29 is 14.6 Å². The highest BCUT2D eigenvalue weighted by Crippen LogP contribution is 2.34. The van der Waals surface area contributed by atoms with Crippen LogP contribution in [-0.2, 0) is 0 Å². The SMILES string of the molecule is C[C@@]1(O)CN(C(=O)c2cccc(OCCN)c2)CC[C@H]1n1cnc2c(N)ncnc21. The maximum Gasteiger partial charge on any atom is 0.254 e. The number of β-amino-alcohol motifs (C(OH)–C–C–N with tert-alkyl or cyclic N) is 1. The summed E-state index contributed by atoms with van der Waals surface area (Å²) >= 11 is 0. The minimum atomic E-state index is -1.19. The van der Waals surface area contributed by atoms with E-state index in [0.717, 1.165) is 0 Å². The highest BCUT2D eigenvalue weighted by molar-refractivity contribution is 5.94. The molecule has 3 aromatic rings. The van der Waals surface area contributed by atoms with E-state index in [-0.39, 0.29) is 18.5 Å². The number of anilines is 1. The van der Waals surface area contributed by atoms with Gasteiger partial charge in [-0.05, 0) is 31.5 Å². The van der Waals surface area contributed by atoms with Crippen LogP contribution in [-0.4, -0.2) is 67.3 Å². The second-order valence-electron chi connectivity index (χ2n) is 7.64. The molecule has 1 aromatic carbocycles. The zero-order chi connectivity index (χ0) is 21.3. The number of benzene rings is 1. The van der Waals surface area contributed by atoms with E-state index in [0.29, 0.717) is 54.4 Å².